The van der Waals surface area contributed by atoms with E-state index in [0.29, 0.717) is 0 Å². The number of phenols is 1. The molecule has 0 aliphatic carbocycles. The Morgan fingerprint density at radius 2 is 1.78 bits per heavy atom. The Kier molecular flexibility index (Phi) is 6.66. The molecule has 2 aromatic rings. The molecule has 0 heterocycles. The molecule has 0 saturated heterocycles. The molecular formula is C19H20Cl2F2O3S. The molecule has 27 heavy (non-hydrogen) atoms. The molecule has 8 heteroatoms. The molecule has 0 atom stereocenters. The van der Waals surface area contributed by atoms with E-state index in [1.807, 2.05) is 18.8 Å². The largest absolute Gasteiger partial charge is 0.507 e. The molecule has 3 nitrogen and oxygen atoms in total. The summed E-state index contributed by atoms with van der Waals surface area (Å²) in [5, 5.41) is 9.90. The quantitative estimate of drug-likeness (QED) is 0.508. The Bertz CT molecular complexity index is 896. The standard InChI is InChI=1S/C19H20Cl2F2O3S/c1-26-15(25)9-11-8-13(20)12(16(21)17(11)22)7-10-5-6-14(24)19(18(10)23)27(2,3)4/h5-6,8,24H,7,9H2,1-4H3. The van der Waals surface area contributed by atoms with Gasteiger partial charge in [-0.3, -0.25) is 4.79 Å². The number of benzene rings is 2. The molecule has 0 fully saturated rings. The molecule has 1 N–H and O–H groups in total. The van der Waals surface area contributed by atoms with Gasteiger partial charge in [-0.25, -0.2) is 18.8 Å². The van der Waals surface area contributed by atoms with Crippen LogP contribution < -0.4 is 0 Å². The highest BCUT2D eigenvalue weighted by molar-refractivity contribution is 8.32. The van der Waals surface area contributed by atoms with Crippen LogP contribution in [0.15, 0.2) is 23.1 Å². The van der Waals surface area contributed by atoms with E-state index in [1.54, 1.807) is 0 Å². The zero-order valence-corrected chi connectivity index (χ0v) is 17.7. The highest BCUT2D eigenvalue weighted by Crippen LogP contribution is 2.52. The topological polar surface area (TPSA) is 46.5 Å². The summed E-state index contributed by atoms with van der Waals surface area (Å²) in [5.41, 5.74) is 0.463. The molecule has 0 amide bonds. The van der Waals surface area contributed by atoms with Crippen molar-refractivity contribution >= 4 is 39.2 Å². The fourth-order valence-electron chi connectivity index (χ4n) is 2.70. The highest BCUT2D eigenvalue weighted by atomic mass is 35.5. The van der Waals surface area contributed by atoms with Gasteiger partial charge in [0.25, 0.3) is 0 Å². The van der Waals surface area contributed by atoms with Gasteiger partial charge in [0.05, 0.1) is 23.4 Å². The Hall–Kier alpha value is -1.50. The zero-order chi connectivity index (χ0) is 20.5. The number of rotatable bonds is 5. The highest BCUT2D eigenvalue weighted by Gasteiger charge is 2.24. The fourth-order valence-corrected chi connectivity index (χ4v) is 4.69. The predicted octanol–water partition coefficient (Wildman–Crippen LogP) is 5.34. The third kappa shape index (κ3) is 4.68. The fraction of sp³-hybridized carbons (Fsp3) is 0.316. The second kappa shape index (κ2) is 8.25. The number of carbonyl (C=O) groups excluding carboxylic acids is 1. The zero-order valence-electron chi connectivity index (χ0n) is 15.3. The van der Waals surface area contributed by atoms with Crippen LogP contribution in [0.2, 0.25) is 10.0 Å². The molecule has 0 unspecified atom stereocenters. The van der Waals surface area contributed by atoms with Crippen LogP contribution in [0.4, 0.5) is 8.78 Å². The summed E-state index contributed by atoms with van der Waals surface area (Å²) in [6.45, 7) is 0. The molecule has 0 aliphatic heterocycles. The van der Waals surface area contributed by atoms with Crippen LogP contribution in [-0.4, -0.2) is 37.0 Å². The van der Waals surface area contributed by atoms with Gasteiger partial charge in [0.15, 0.2) is 0 Å². The van der Waals surface area contributed by atoms with Crippen molar-refractivity contribution in [2.45, 2.75) is 17.7 Å². The van der Waals surface area contributed by atoms with Gasteiger partial charge >= 0.3 is 5.97 Å². The number of halogens is 4. The van der Waals surface area contributed by atoms with Gasteiger partial charge < -0.3 is 9.84 Å². The SMILES string of the molecule is COC(=O)Cc1cc(Cl)c(Cc2ccc(O)c(S(C)(C)C)c2F)c(Cl)c1F. The summed E-state index contributed by atoms with van der Waals surface area (Å²) >= 11 is 12.3. The van der Waals surface area contributed by atoms with Crippen LogP contribution in [-0.2, 0) is 22.4 Å². The number of aromatic hydroxyl groups is 1. The number of esters is 1. The van der Waals surface area contributed by atoms with Gasteiger partial charge in [0.2, 0.25) is 0 Å². The van der Waals surface area contributed by atoms with Gasteiger partial charge in [-0.15, -0.1) is 0 Å². The molecule has 0 spiro atoms. The van der Waals surface area contributed by atoms with Crippen molar-refractivity contribution < 1.29 is 23.4 Å². The van der Waals surface area contributed by atoms with Crippen LogP contribution >= 0.6 is 33.2 Å². The third-order valence-electron chi connectivity index (χ3n) is 4.03. The third-order valence-corrected chi connectivity index (χ3v) is 6.37. The monoisotopic (exact) mass is 436 g/mol. The van der Waals surface area contributed by atoms with E-state index in [4.69, 9.17) is 23.2 Å². The van der Waals surface area contributed by atoms with Crippen molar-refractivity contribution in [2.75, 3.05) is 25.9 Å². The Morgan fingerprint density at radius 1 is 1.15 bits per heavy atom. The molecule has 0 aliphatic rings. The van der Waals surface area contributed by atoms with E-state index in [0.717, 1.165) is 0 Å². The second-order valence-corrected chi connectivity index (χ2v) is 11.6. The Balaban J connectivity index is 2.50. The average molecular weight is 437 g/mol. The molecular weight excluding hydrogens is 417 g/mol. The van der Waals surface area contributed by atoms with Crippen molar-refractivity contribution in [3.8, 4) is 5.75 Å². The smallest absolute Gasteiger partial charge is 0.310 e. The van der Waals surface area contributed by atoms with Crippen LogP contribution in [0, 0.1) is 11.6 Å². The molecule has 148 valence electrons. The lowest BCUT2D eigenvalue weighted by Crippen LogP contribution is -2.08. The van der Waals surface area contributed by atoms with Gasteiger partial charge in [0.1, 0.15) is 17.4 Å². The predicted molar refractivity (Wildman–Crippen MR) is 107 cm³/mol. The van der Waals surface area contributed by atoms with Crippen molar-refractivity contribution in [1.29, 1.82) is 0 Å². The molecule has 0 saturated carbocycles. The van der Waals surface area contributed by atoms with E-state index in [1.165, 1.54) is 25.3 Å². The van der Waals surface area contributed by atoms with Crippen molar-refractivity contribution in [2.24, 2.45) is 0 Å². The van der Waals surface area contributed by atoms with Gasteiger partial charge in [-0.1, -0.05) is 29.3 Å². The molecule has 0 aromatic heterocycles. The lowest BCUT2D eigenvalue weighted by atomic mass is 10.0. The molecule has 0 radical (unpaired) electrons. The summed E-state index contributed by atoms with van der Waals surface area (Å²) in [4.78, 5) is 11.6. The molecule has 2 rings (SSSR count). The maximum Gasteiger partial charge on any atom is 0.310 e. The maximum absolute atomic E-state index is 15.0. The minimum Gasteiger partial charge on any atom is -0.507 e. The number of phenolic OH excluding ortho intramolecular Hbond substituents is 1. The number of ether oxygens (including phenoxy) is 1. The first-order chi connectivity index (χ1) is 12.5. The van der Waals surface area contributed by atoms with Crippen LogP contribution in [0.25, 0.3) is 0 Å². The lowest BCUT2D eigenvalue weighted by molar-refractivity contribution is -0.139. The molecule has 0 bridgehead atoms. The van der Waals surface area contributed by atoms with Crippen LogP contribution in [0.3, 0.4) is 0 Å². The number of carbonyl (C=O) groups is 1. The van der Waals surface area contributed by atoms with E-state index in [9.17, 15) is 18.7 Å². The Labute approximate surface area is 168 Å². The van der Waals surface area contributed by atoms with Crippen LogP contribution in [0.1, 0.15) is 16.7 Å². The first-order valence-corrected chi connectivity index (χ1v) is 11.5. The number of hydrogen-bond acceptors (Lipinski definition) is 3. The van der Waals surface area contributed by atoms with E-state index in [2.05, 4.69) is 4.74 Å². The van der Waals surface area contributed by atoms with E-state index in [-0.39, 0.29) is 50.2 Å². The van der Waals surface area contributed by atoms with Gasteiger partial charge in [0, 0.05) is 17.0 Å². The van der Waals surface area contributed by atoms with Crippen molar-refractivity contribution in [1.82, 2.24) is 0 Å². The summed E-state index contributed by atoms with van der Waals surface area (Å²) < 4.78 is 34.1. The van der Waals surface area contributed by atoms with Crippen molar-refractivity contribution in [3.05, 3.63) is 56.6 Å². The van der Waals surface area contributed by atoms with Crippen molar-refractivity contribution in [3.63, 3.8) is 0 Å². The second-order valence-electron chi connectivity index (χ2n) is 6.78. The van der Waals surface area contributed by atoms with E-state index < -0.39 is 27.6 Å². The summed E-state index contributed by atoms with van der Waals surface area (Å²) in [6.07, 6.45) is 5.21. The molecule has 2 aromatic carbocycles. The minimum absolute atomic E-state index is 0.00611. The average Bonchev–Trinajstić information content (AvgIpc) is 2.56. The maximum atomic E-state index is 15.0. The summed E-state index contributed by atoms with van der Waals surface area (Å²) in [5.74, 6) is -2.09. The summed E-state index contributed by atoms with van der Waals surface area (Å²) in [7, 11) is -0.352. The number of hydrogen-bond donors (Lipinski definition) is 1. The minimum atomic E-state index is -1.55. The number of methoxy groups -OCH3 is 1. The van der Waals surface area contributed by atoms with Crippen LogP contribution in [0.5, 0.6) is 5.75 Å². The first-order valence-electron chi connectivity index (χ1n) is 7.88. The van der Waals surface area contributed by atoms with Gasteiger partial charge in [-0.2, -0.15) is 0 Å². The normalized spacial score (nSPS) is 12.1. The lowest BCUT2D eigenvalue weighted by Gasteiger charge is -2.28. The first kappa shape index (κ1) is 21.8. The Morgan fingerprint density at radius 3 is 2.33 bits per heavy atom. The summed E-state index contributed by atoms with van der Waals surface area (Å²) in [6, 6.07) is 4.13. The van der Waals surface area contributed by atoms with E-state index >= 15 is 0 Å². The van der Waals surface area contributed by atoms with Gasteiger partial charge in [-0.05, 0) is 42.0 Å².